The molecule has 1 saturated heterocycles. The smallest absolute Gasteiger partial charge is 0.408 e. The fourth-order valence-electron chi connectivity index (χ4n) is 4.79. The van der Waals surface area contributed by atoms with Crippen molar-refractivity contribution in [2.75, 3.05) is 13.6 Å². The standard InChI is InChI=1S/C24H36N4O4/c1-16(2)27(4)19-10-11-22(21(14-19)25-17(3)29)28-13-12-20(23(28)30)26-24(31)32-15-18-8-6-5-7-9-18/h5-9,16,19-22H,10-15H2,1-4H3,(H,25,29)(H,26,31)/t19?,20-,21+,22-/m0/s1. The maximum absolute atomic E-state index is 13.1. The Bertz CT molecular complexity index is 800. The molecule has 2 N–H and O–H groups in total. The van der Waals surface area contributed by atoms with Gasteiger partial charge in [0.25, 0.3) is 0 Å². The van der Waals surface area contributed by atoms with Gasteiger partial charge in [-0.15, -0.1) is 0 Å². The van der Waals surface area contributed by atoms with Crippen molar-refractivity contribution in [3.8, 4) is 0 Å². The Morgan fingerprint density at radius 2 is 1.88 bits per heavy atom. The van der Waals surface area contributed by atoms with Crippen LogP contribution >= 0.6 is 0 Å². The molecular weight excluding hydrogens is 408 g/mol. The zero-order chi connectivity index (χ0) is 23.3. The minimum absolute atomic E-state index is 0.0599. The number of hydrogen-bond donors (Lipinski definition) is 2. The lowest BCUT2D eigenvalue weighted by Crippen LogP contribution is -2.58. The van der Waals surface area contributed by atoms with Gasteiger partial charge in [0.1, 0.15) is 12.6 Å². The summed E-state index contributed by atoms with van der Waals surface area (Å²) in [5, 5.41) is 5.79. The van der Waals surface area contributed by atoms with Crippen LogP contribution in [0.15, 0.2) is 30.3 Å². The van der Waals surface area contributed by atoms with Crippen LogP contribution in [0.1, 0.15) is 52.0 Å². The molecule has 0 spiro atoms. The van der Waals surface area contributed by atoms with Gasteiger partial charge in [-0.3, -0.25) is 9.59 Å². The highest BCUT2D eigenvalue weighted by Gasteiger charge is 2.43. The largest absolute Gasteiger partial charge is 0.445 e. The number of carbonyl (C=O) groups is 3. The zero-order valence-electron chi connectivity index (χ0n) is 19.5. The minimum Gasteiger partial charge on any atom is -0.445 e. The van der Waals surface area contributed by atoms with Gasteiger partial charge in [0.2, 0.25) is 11.8 Å². The van der Waals surface area contributed by atoms with Gasteiger partial charge in [0.05, 0.1) is 12.1 Å². The highest BCUT2D eigenvalue weighted by atomic mass is 16.5. The maximum atomic E-state index is 13.1. The molecule has 2 fully saturated rings. The van der Waals surface area contributed by atoms with Crippen LogP contribution in [0.2, 0.25) is 0 Å². The third kappa shape index (κ3) is 6.00. The molecule has 0 bridgehead atoms. The van der Waals surface area contributed by atoms with E-state index in [2.05, 4.69) is 36.4 Å². The van der Waals surface area contributed by atoms with Crippen LogP contribution in [-0.4, -0.2) is 71.5 Å². The van der Waals surface area contributed by atoms with E-state index in [1.54, 1.807) is 0 Å². The molecule has 32 heavy (non-hydrogen) atoms. The van der Waals surface area contributed by atoms with Crippen molar-refractivity contribution in [3.63, 3.8) is 0 Å². The van der Waals surface area contributed by atoms with Crippen LogP contribution in [0.5, 0.6) is 0 Å². The zero-order valence-corrected chi connectivity index (χ0v) is 19.5. The highest BCUT2D eigenvalue weighted by Crippen LogP contribution is 2.30. The summed E-state index contributed by atoms with van der Waals surface area (Å²) >= 11 is 0. The number of likely N-dealkylation sites (tertiary alicyclic amines) is 1. The molecule has 1 saturated carbocycles. The molecule has 1 aliphatic carbocycles. The SMILES string of the molecule is CC(=O)N[C@@H]1CC(N(C)C(C)C)CC[C@@H]1N1CC[C@H](NC(=O)OCc2ccccc2)C1=O. The second kappa shape index (κ2) is 10.8. The number of amides is 3. The van der Waals surface area contributed by atoms with Gasteiger partial charge < -0.3 is 25.2 Å². The molecule has 176 valence electrons. The summed E-state index contributed by atoms with van der Waals surface area (Å²) in [7, 11) is 2.11. The summed E-state index contributed by atoms with van der Waals surface area (Å²) in [6.45, 7) is 6.57. The quantitative estimate of drug-likeness (QED) is 0.673. The van der Waals surface area contributed by atoms with Crippen molar-refractivity contribution < 1.29 is 19.1 Å². The molecule has 3 amide bonds. The molecule has 1 unspecified atom stereocenters. The monoisotopic (exact) mass is 444 g/mol. The lowest BCUT2D eigenvalue weighted by Gasteiger charge is -2.44. The van der Waals surface area contributed by atoms with Crippen molar-refractivity contribution in [1.29, 1.82) is 0 Å². The lowest BCUT2D eigenvalue weighted by atomic mass is 9.84. The van der Waals surface area contributed by atoms with Gasteiger partial charge in [-0.25, -0.2) is 4.79 Å². The van der Waals surface area contributed by atoms with Crippen LogP contribution in [0.4, 0.5) is 4.79 Å². The second-order valence-corrected chi connectivity index (χ2v) is 9.18. The Balaban J connectivity index is 1.58. The first-order valence-corrected chi connectivity index (χ1v) is 11.5. The lowest BCUT2D eigenvalue weighted by molar-refractivity contribution is -0.134. The molecule has 0 radical (unpaired) electrons. The molecule has 1 aromatic carbocycles. The second-order valence-electron chi connectivity index (χ2n) is 9.18. The number of rotatable bonds is 7. The number of ether oxygens (including phenoxy) is 1. The first-order valence-electron chi connectivity index (χ1n) is 11.5. The number of hydrogen-bond acceptors (Lipinski definition) is 5. The van der Waals surface area contributed by atoms with E-state index >= 15 is 0 Å². The predicted octanol–water partition coefficient (Wildman–Crippen LogP) is 2.28. The first kappa shape index (κ1) is 24.0. The topological polar surface area (TPSA) is 91.0 Å². The number of nitrogens with zero attached hydrogens (tertiary/aromatic N) is 2. The molecule has 8 nitrogen and oxygen atoms in total. The van der Waals surface area contributed by atoms with Crippen molar-refractivity contribution >= 4 is 17.9 Å². The molecule has 1 aliphatic heterocycles. The highest BCUT2D eigenvalue weighted by molar-refractivity contribution is 5.88. The van der Waals surface area contributed by atoms with E-state index < -0.39 is 12.1 Å². The van der Waals surface area contributed by atoms with Crippen molar-refractivity contribution in [2.45, 2.75) is 83.3 Å². The normalized spacial score (nSPS) is 25.8. The summed E-state index contributed by atoms with van der Waals surface area (Å²) < 4.78 is 5.27. The van der Waals surface area contributed by atoms with Crippen LogP contribution in [0, 0.1) is 0 Å². The fourth-order valence-corrected chi connectivity index (χ4v) is 4.79. The molecule has 2 aliphatic rings. The van der Waals surface area contributed by atoms with Crippen LogP contribution in [-0.2, 0) is 20.9 Å². The summed E-state index contributed by atoms with van der Waals surface area (Å²) in [4.78, 5) is 41.4. The van der Waals surface area contributed by atoms with E-state index in [1.807, 2.05) is 35.2 Å². The van der Waals surface area contributed by atoms with Gasteiger partial charge in [-0.1, -0.05) is 30.3 Å². The van der Waals surface area contributed by atoms with Gasteiger partial charge in [0.15, 0.2) is 0 Å². The molecular formula is C24H36N4O4. The van der Waals surface area contributed by atoms with Gasteiger partial charge >= 0.3 is 6.09 Å². The third-order valence-electron chi connectivity index (χ3n) is 6.71. The first-order chi connectivity index (χ1) is 15.3. The Labute approximate surface area is 190 Å². The average Bonchev–Trinajstić information content (AvgIpc) is 3.11. The Kier molecular flexibility index (Phi) is 8.12. The third-order valence-corrected chi connectivity index (χ3v) is 6.71. The molecule has 8 heteroatoms. The van der Waals surface area contributed by atoms with Gasteiger partial charge in [-0.05, 0) is 52.1 Å². The van der Waals surface area contributed by atoms with E-state index in [9.17, 15) is 14.4 Å². The summed E-state index contributed by atoms with van der Waals surface area (Å²) in [5.74, 6) is -0.184. The van der Waals surface area contributed by atoms with E-state index in [4.69, 9.17) is 4.74 Å². The fraction of sp³-hybridized carbons (Fsp3) is 0.625. The van der Waals surface area contributed by atoms with Crippen LogP contribution in [0.3, 0.4) is 0 Å². The van der Waals surface area contributed by atoms with Gasteiger partial charge in [0, 0.05) is 25.6 Å². The minimum atomic E-state index is -0.590. The number of benzene rings is 1. The van der Waals surface area contributed by atoms with E-state index in [1.165, 1.54) is 6.92 Å². The molecule has 0 aromatic heterocycles. The van der Waals surface area contributed by atoms with E-state index in [0.717, 1.165) is 24.8 Å². The van der Waals surface area contributed by atoms with E-state index in [0.29, 0.717) is 25.0 Å². The van der Waals surface area contributed by atoms with Crippen LogP contribution < -0.4 is 10.6 Å². The van der Waals surface area contributed by atoms with Crippen molar-refractivity contribution in [1.82, 2.24) is 20.4 Å². The Hall–Kier alpha value is -2.61. The molecule has 4 atom stereocenters. The predicted molar refractivity (Wildman–Crippen MR) is 122 cm³/mol. The van der Waals surface area contributed by atoms with Crippen molar-refractivity contribution in [3.05, 3.63) is 35.9 Å². The Morgan fingerprint density at radius 1 is 1.16 bits per heavy atom. The molecule has 1 aromatic rings. The Morgan fingerprint density at radius 3 is 2.53 bits per heavy atom. The summed E-state index contributed by atoms with van der Waals surface area (Å²) in [6.07, 6.45) is 2.55. The number of nitrogens with one attached hydrogen (secondary N) is 2. The van der Waals surface area contributed by atoms with Crippen molar-refractivity contribution in [2.24, 2.45) is 0 Å². The maximum Gasteiger partial charge on any atom is 0.408 e. The van der Waals surface area contributed by atoms with Crippen LogP contribution in [0.25, 0.3) is 0 Å². The number of carbonyl (C=O) groups excluding carboxylic acids is 3. The summed E-state index contributed by atoms with van der Waals surface area (Å²) in [6, 6.07) is 9.46. The summed E-state index contributed by atoms with van der Waals surface area (Å²) in [5.41, 5.74) is 0.892. The molecule has 3 rings (SSSR count). The molecule has 1 heterocycles. The van der Waals surface area contributed by atoms with Gasteiger partial charge in [-0.2, -0.15) is 0 Å². The number of alkyl carbamates (subject to hydrolysis) is 1. The average molecular weight is 445 g/mol. The van der Waals surface area contributed by atoms with E-state index in [-0.39, 0.29) is 30.5 Å².